The number of carboxylic acids is 1. The Labute approximate surface area is 358 Å². The fourth-order valence-electron chi connectivity index (χ4n) is 6.68. The highest BCUT2D eigenvalue weighted by atomic mass is 35.5. The number of primary amides is 1. The first-order valence-electron chi connectivity index (χ1n) is 18.0. The number of carbonyl (C=O) groups is 3. The fourth-order valence-corrected chi connectivity index (χ4v) is 9.62. The maximum Gasteiger partial charge on any atom is 0.338 e. The Morgan fingerprint density at radius 3 is 1.52 bits per heavy atom. The van der Waals surface area contributed by atoms with E-state index < -0.39 is 29.4 Å². The van der Waals surface area contributed by atoms with E-state index in [1.165, 1.54) is 71.2 Å². The van der Waals surface area contributed by atoms with Crippen LogP contribution >= 0.6 is 45.9 Å². The van der Waals surface area contributed by atoms with E-state index in [4.69, 9.17) is 28.9 Å². The van der Waals surface area contributed by atoms with E-state index in [2.05, 4.69) is 5.32 Å². The molecule has 0 radical (unpaired) electrons. The monoisotopic (exact) mass is 884 g/mol. The summed E-state index contributed by atoms with van der Waals surface area (Å²) in [7, 11) is 0. The second-order valence-corrected chi connectivity index (χ2v) is 16.8. The highest BCUT2D eigenvalue weighted by Gasteiger charge is 2.17. The molecular formula is C46H30Cl2F4N2O4S2. The molecule has 6 aromatic carbocycles. The van der Waals surface area contributed by atoms with Gasteiger partial charge in [0.1, 0.15) is 23.3 Å². The van der Waals surface area contributed by atoms with Crippen LogP contribution < -0.4 is 11.1 Å². The summed E-state index contributed by atoms with van der Waals surface area (Å²) in [6.07, 6.45) is 1.04. The molecule has 0 bridgehead atoms. The maximum atomic E-state index is 14.3. The van der Waals surface area contributed by atoms with Crippen LogP contribution in [0.2, 0.25) is 10.0 Å². The Hall–Kier alpha value is -6.05. The first-order chi connectivity index (χ1) is 28.7. The molecule has 0 fully saturated rings. The van der Waals surface area contributed by atoms with E-state index in [1.54, 1.807) is 24.3 Å². The predicted molar refractivity (Wildman–Crippen MR) is 231 cm³/mol. The minimum atomic E-state index is -1.30. The molecule has 4 N–H and O–H groups in total. The van der Waals surface area contributed by atoms with Gasteiger partial charge in [0.2, 0.25) is 5.91 Å². The van der Waals surface area contributed by atoms with E-state index in [0.717, 1.165) is 52.2 Å². The molecule has 0 saturated heterocycles. The number of carboxylic acid groups (broad SMARTS) is 1. The lowest BCUT2D eigenvalue weighted by atomic mass is 10.0. The number of aromatic carboxylic acids is 1. The molecule has 8 aromatic rings. The third-order valence-electron chi connectivity index (χ3n) is 9.24. The summed E-state index contributed by atoms with van der Waals surface area (Å²) in [4.78, 5) is 36.5. The number of nitrogens with one attached hydrogen (secondary N) is 1. The van der Waals surface area contributed by atoms with E-state index in [9.17, 15) is 37.1 Å². The quantitative estimate of drug-likeness (QED) is 0.119. The molecule has 0 aliphatic rings. The zero-order valence-corrected chi connectivity index (χ0v) is 34.1. The topological polar surface area (TPSA) is 109 Å². The van der Waals surface area contributed by atoms with E-state index in [0.29, 0.717) is 34.0 Å². The van der Waals surface area contributed by atoms with Crippen LogP contribution in [-0.4, -0.2) is 29.4 Å². The minimum absolute atomic E-state index is 0.174. The molecule has 0 unspecified atom stereocenters. The normalized spacial score (nSPS) is 11.0. The number of hydrogen-bond donors (Lipinski definition) is 3. The van der Waals surface area contributed by atoms with Gasteiger partial charge in [0.15, 0.2) is 0 Å². The van der Waals surface area contributed by atoms with Gasteiger partial charge in [0, 0.05) is 42.0 Å². The van der Waals surface area contributed by atoms with Crippen molar-refractivity contribution in [1.29, 1.82) is 0 Å². The maximum absolute atomic E-state index is 14.3. The van der Waals surface area contributed by atoms with Crippen LogP contribution in [0.3, 0.4) is 0 Å². The van der Waals surface area contributed by atoms with Gasteiger partial charge in [-0.1, -0.05) is 71.7 Å². The Kier molecular flexibility index (Phi) is 12.7. The molecule has 14 heteroatoms. The molecule has 0 aliphatic carbocycles. The smallest absolute Gasteiger partial charge is 0.338 e. The van der Waals surface area contributed by atoms with Gasteiger partial charge >= 0.3 is 5.97 Å². The van der Waals surface area contributed by atoms with Crippen LogP contribution in [-0.2, 0) is 17.6 Å². The number of amides is 2. The number of rotatable bonds is 10. The number of hydrogen-bond acceptors (Lipinski definition) is 5. The molecule has 0 saturated carbocycles. The Morgan fingerprint density at radius 2 is 1.07 bits per heavy atom. The fraction of sp³-hybridized carbons (Fsp3) is 0.0652. The molecule has 302 valence electrons. The predicted octanol–water partition coefficient (Wildman–Crippen LogP) is 12.1. The van der Waals surface area contributed by atoms with Crippen LogP contribution in [0.15, 0.2) is 121 Å². The van der Waals surface area contributed by atoms with Crippen LogP contribution in [0.5, 0.6) is 0 Å². The lowest BCUT2D eigenvalue weighted by Gasteiger charge is -2.08. The van der Waals surface area contributed by atoms with Gasteiger partial charge in [-0.25, -0.2) is 22.4 Å². The van der Waals surface area contributed by atoms with Gasteiger partial charge in [0.05, 0.1) is 17.7 Å². The first-order valence-corrected chi connectivity index (χ1v) is 20.4. The van der Waals surface area contributed by atoms with Gasteiger partial charge in [-0.15, -0.1) is 22.7 Å². The summed E-state index contributed by atoms with van der Waals surface area (Å²) in [6, 6.07) is 32.7. The molecule has 6 nitrogen and oxygen atoms in total. The Morgan fingerprint density at radius 1 is 0.600 bits per heavy atom. The summed E-state index contributed by atoms with van der Waals surface area (Å²) < 4.78 is 57.2. The SMILES string of the molecule is NC(=O)CNC(=O)c1cc(-c2cccc3cc(Cc4cc(F)cc(Cl)c4)sc23)ccc1F.O=C(O)c1cc(-c2cccc3cc(Cc4cc(F)cc(Cl)c4)sc23)ccc1F. The van der Waals surface area contributed by atoms with Crippen molar-refractivity contribution in [3.05, 3.63) is 187 Å². The molecule has 0 aliphatic heterocycles. The third-order valence-corrected chi connectivity index (χ3v) is 12.0. The Bertz CT molecular complexity index is 2930. The molecule has 2 heterocycles. The molecule has 2 amide bonds. The lowest BCUT2D eigenvalue weighted by Crippen LogP contribution is -2.33. The van der Waals surface area contributed by atoms with Crippen molar-refractivity contribution >= 4 is 83.8 Å². The standard InChI is InChI=1S/C24H17ClF2N2O2S.C22H13ClF2O2S/c25-16-6-13(7-17(26)11-16)8-18-9-15-2-1-3-19(23(15)32-18)14-4-5-21(27)20(10-14)24(31)29-12-22(28)30;23-15-6-12(7-16(24)11-15)8-17-9-14-2-1-3-18(21(14)28-17)13-4-5-20(25)19(10-13)22(26)27/h1-7,9-11H,8,12H2,(H2,28,30)(H,29,31);1-7,9-11H,8H2,(H,26,27). The zero-order chi connectivity index (χ0) is 42.7. The number of thiophene rings is 2. The summed E-state index contributed by atoms with van der Waals surface area (Å²) >= 11 is 15.0. The van der Waals surface area contributed by atoms with Crippen molar-refractivity contribution in [3.8, 4) is 22.3 Å². The summed E-state index contributed by atoms with van der Waals surface area (Å²) in [5, 5.41) is 14.1. The van der Waals surface area contributed by atoms with Crippen molar-refractivity contribution in [1.82, 2.24) is 5.32 Å². The second kappa shape index (κ2) is 18.1. The summed E-state index contributed by atoms with van der Waals surface area (Å²) in [5.41, 5.74) is 8.99. The number of carbonyl (C=O) groups excluding carboxylic acids is 2. The number of halogens is 6. The number of nitrogens with two attached hydrogens (primary N) is 1. The number of benzene rings is 6. The van der Waals surface area contributed by atoms with Crippen LogP contribution in [0, 0.1) is 23.3 Å². The molecule has 2 aromatic heterocycles. The Balaban J connectivity index is 0.000000183. The van der Waals surface area contributed by atoms with Crippen molar-refractivity contribution in [2.24, 2.45) is 5.73 Å². The highest BCUT2D eigenvalue weighted by molar-refractivity contribution is 7.20. The van der Waals surface area contributed by atoms with Crippen molar-refractivity contribution < 1.29 is 37.1 Å². The van der Waals surface area contributed by atoms with Crippen molar-refractivity contribution in [2.75, 3.05) is 6.54 Å². The van der Waals surface area contributed by atoms with Crippen molar-refractivity contribution in [2.45, 2.75) is 12.8 Å². The molecule has 8 rings (SSSR count). The number of fused-ring (bicyclic) bond motifs is 2. The van der Waals surface area contributed by atoms with Gasteiger partial charge in [-0.2, -0.15) is 0 Å². The van der Waals surface area contributed by atoms with Gasteiger partial charge in [0.25, 0.3) is 5.91 Å². The average Bonchev–Trinajstić information content (AvgIpc) is 3.80. The summed E-state index contributed by atoms with van der Waals surface area (Å²) in [5.74, 6) is -4.97. The molecule has 0 spiro atoms. The molecule has 60 heavy (non-hydrogen) atoms. The highest BCUT2D eigenvalue weighted by Crippen LogP contribution is 2.38. The zero-order valence-electron chi connectivity index (χ0n) is 31.0. The van der Waals surface area contributed by atoms with E-state index >= 15 is 0 Å². The average molecular weight is 886 g/mol. The van der Waals surface area contributed by atoms with Crippen molar-refractivity contribution in [3.63, 3.8) is 0 Å². The van der Waals surface area contributed by atoms with Crippen LogP contribution in [0.4, 0.5) is 17.6 Å². The van der Waals surface area contributed by atoms with Crippen LogP contribution in [0.1, 0.15) is 41.6 Å². The lowest BCUT2D eigenvalue weighted by molar-refractivity contribution is -0.117. The van der Waals surface area contributed by atoms with Gasteiger partial charge in [-0.05, 0) is 117 Å². The second-order valence-electron chi connectivity index (χ2n) is 13.6. The molecule has 0 atom stereocenters. The third kappa shape index (κ3) is 9.86. The molecular weight excluding hydrogens is 856 g/mol. The van der Waals surface area contributed by atoms with Gasteiger partial charge < -0.3 is 16.2 Å². The van der Waals surface area contributed by atoms with Crippen LogP contribution in [0.25, 0.3) is 42.4 Å². The first kappa shape index (κ1) is 42.1. The van der Waals surface area contributed by atoms with E-state index in [1.807, 2.05) is 48.5 Å². The van der Waals surface area contributed by atoms with Gasteiger partial charge in [-0.3, -0.25) is 9.59 Å². The largest absolute Gasteiger partial charge is 0.478 e. The summed E-state index contributed by atoms with van der Waals surface area (Å²) in [6.45, 7) is -0.379. The minimum Gasteiger partial charge on any atom is -0.478 e. The van der Waals surface area contributed by atoms with E-state index in [-0.39, 0.29) is 29.3 Å².